The van der Waals surface area contributed by atoms with Gasteiger partial charge in [-0.1, -0.05) is 18.2 Å². The van der Waals surface area contributed by atoms with Crippen LogP contribution in [-0.4, -0.2) is 40.1 Å². The number of nitrogens with two attached hydrogens (primary N) is 1. The number of benzene rings is 1. The number of rotatable bonds is 7. The first kappa shape index (κ1) is 14.3. The Labute approximate surface area is 114 Å². The Kier molecular flexibility index (Phi) is 5.19. The lowest BCUT2D eigenvalue weighted by molar-refractivity contribution is 0.0348. The van der Waals surface area contributed by atoms with E-state index < -0.39 is 0 Å². The molecular formula is C15H23NO3. The molecule has 0 saturated heterocycles. The second-order valence-electron chi connectivity index (χ2n) is 5.13. The van der Waals surface area contributed by atoms with E-state index in [1.807, 2.05) is 18.2 Å². The normalized spacial score (nSPS) is 21.8. The van der Waals surface area contributed by atoms with Gasteiger partial charge < -0.3 is 19.9 Å². The van der Waals surface area contributed by atoms with Gasteiger partial charge in [0.2, 0.25) is 0 Å². The predicted molar refractivity (Wildman–Crippen MR) is 74.4 cm³/mol. The maximum atomic E-state index is 5.98. The van der Waals surface area contributed by atoms with Crippen LogP contribution in [0.1, 0.15) is 12.0 Å². The number of hydrogen-bond acceptors (Lipinski definition) is 4. The van der Waals surface area contributed by atoms with Crippen molar-refractivity contribution in [2.45, 2.75) is 12.8 Å². The fourth-order valence-corrected chi connectivity index (χ4v) is 2.40. The molecule has 2 rings (SSSR count). The summed E-state index contributed by atoms with van der Waals surface area (Å²) in [6, 6.07) is 8.18. The Bertz CT molecular complexity index is 397. The third-order valence-electron chi connectivity index (χ3n) is 3.71. The molecule has 1 heterocycles. The third-order valence-corrected chi connectivity index (χ3v) is 3.71. The minimum Gasteiger partial charge on any atom is -0.493 e. The molecule has 1 aliphatic heterocycles. The van der Waals surface area contributed by atoms with E-state index in [2.05, 4.69) is 6.07 Å². The molecular weight excluding hydrogens is 242 g/mol. The second-order valence-corrected chi connectivity index (χ2v) is 5.13. The quantitative estimate of drug-likeness (QED) is 0.761. The van der Waals surface area contributed by atoms with E-state index in [4.69, 9.17) is 19.9 Å². The van der Waals surface area contributed by atoms with Crippen LogP contribution < -0.4 is 10.5 Å². The first-order valence-corrected chi connectivity index (χ1v) is 6.77. The first-order valence-electron chi connectivity index (χ1n) is 6.77. The van der Waals surface area contributed by atoms with Gasteiger partial charge >= 0.3 is 0 Å². The lowest BCUT2D eigenvalue weighted by Crippen LogP contribution is -2.42. The van der Waals surface area contributed by atoms with Gasteiger partial charge in [-0.3, -0.25) is 0 Å². The molecule has 0 amide bonds. The van der Waals surface area contributed by atoms with Crippen molar-refractivity contribution in [2.75, 3.05) is 40.1 Å². The van der Waals surface area contributed by atoms with E-state index in [0.717, 1.165) is 18.6 Å². The summed E-state index contributed by atoms with van der Waals surface area (Å²) in [7, 11) is 1.68. The topological polar surface area (TPSA) is 53.7 Å². The summed E-state index contributed by atoms with van der Waals surface area (Å²) >= 11 is 0. The van der Waals surface area contributed by atoms with Gasteiger partial charge in [-0.2, -0.15) is 0 Å². The molecule has 4 nitrogen and oxygen atoms in total. The summed E-state index contributed by atoms with van der Waals surface area (Å²) in [4.78, 5) is 0. The van der Waals surface area contributed by atoms with Crippen molar-refractivity contribution in [3.05, 3.63) is 29.8 Å². The van der Waals surface area contributed by atoms with Crippen molar-refractivity contribution < 1.29 is 14.2 Å². The van der Waals surface area contributed by atoms with Crippen LogP contribution in [0.3, 0.4) is 0 Å². The largest absolute Gasteiger partial charge is 0.493 e. The van der Waals surface area contributed by atoms with Crippen molar-refractivity contribution in [3.63, 3.8) is 0 Å². The van der Waals surface area contributed by atoms with Gasteiger partial charge in [0.25, 0.3) is 0 Å². The van der Waals surface area contributed by atoms with E-state index >= 15 is 0 Å². The smallest absolute Gasteiger partial charge is 0.122 e. The second kappa shape index (κ2) is 6.89. The SMILES string of the molecule is COCCOCCC1(CN)COc2ccccc2C1. The standard InChI is InChI=1S/C15H23NO3/c1-17-8-9-18-7-6-15(11-16)10-13-4-2-3-5-14(13)19-12-15/h2-5H,6-12,16H2,1H3. The summed E-state index contributed by atoms with van der Waals surface area (Å²) in [5.41, 5.74) is 7.22. The molecule has 2 N–H and O–H groups in total. The summed E-state index contributed by atoms with van der Waals surface area (Å²) < 4.78 is 16.4. The molecule has 0 spiro atoms. The van der Waals surface area contributed by atoms with Crippen molar-refractivity contribution in [2.24, 2.45) is 11.1 Å². The van der Waals surface area contributed by atoms with E-state index in [1.54, 1.807) is 7.11 Å². The Morgan fingerprint density at radius 3 is 2.89 bits per heavy atom. The summed E-state index contributed by atoms with van der Waals surface area (Å²) in [5.74, 6) is 0.992. The van der Waals surface area contributed by atoms with Gasteiger partial charge in [0.1, 0.15) is 5.75 Å². The molecule has 0 bridgehead atoms. The molecule has 0 saturated carbocycles. The van der Waals surface area contributed by atoms with Gasteiger partial charge in [0.05, 0.1) is 19.8 Å². The van der Waals surface area contributed by atoms with Gasteiger partial charge in [0.15, 0.2) is 0 Å². The fraction of sp³-hybridized carbons (Fsp3) is 0.600. The number of methoxy groups -OCH3 is 1. The highest BCUT2D eigenvalue weighted by Gasteiger charge is 2.34. The zero-order valence-corrected chi connectivity index (χ0v) is 11.6. The highest BCUT2D eigenvalue weighted by molar-refractivity contribution is 5.36. The molecule has 0 fully saturated rings. The lowest BCUT2D eigenvalue weighted by Gasteiger charge is -2.37. The van der Waals surface area contributed by atoms with Crippen molar-refractivity contribution >= 4 is 0 Å². The van der Waals surface area contributed by atoms with E-state index in [1.165, 1.54) is 5.56 Å². The van der Waals surface area contributed by atoms with Gasteiger partial charge in [-0.25, -0.2) is 0 Å². The third kappa shape index (κ3) is 3.69. The van der Waals surface area contributed by atoms with E-state index in [9.17, 15) is 0 Å². The minimum absolute atomic E-state index is 0.00141. The summed E-state index contributed by atoms with van der Waals surface area (Å²) in [6.07, 6.45) is 1.88. The fourth-order valence-electron chi connectivity index (χ4n) is 2.40. The molecule has 106 valence electrons. The van der Waals surface area contributed by atoms with Crippen LogP contribution in [0.15, 0.2) is 24.3 Å². The Balaban J connectivity index is 1.90. The van der Waals surface area contributed by atoms with Gasteiger partial charge in [-0.05, 0) is 24.5 Å². The molecule has 0 aliphatic carbocycles. The molecule has 1 aromatic carbocycles. The van der Waals surface area contributed by atoms with Crippen LogP contribution in [0.5, 0.6) is 5.75 Å². The van der Waals surface area contributed by atoms with Crippen LogP contribution in [0.2, 0.25) is 0 Å². The minimum atomic E-state index is 0.00141. The van der Waals surface area contributed by atoms with Crippen molar-refractivity contribution in [3.8, 4) is 5.75 Å². The Morgan fingerprint density at radius 2 is 2.11 bits per heavy atom. The Morgan fingerprint density at radius 1 is 1.26 bits per heavy atom. The summed E-state index contributed by atoms with van der Waals surface area (Å²) in [6.45, 7) is 3.26. The van der Waals surface area contributed by atoms with Crippen LogP contribution >= 0.6 is 0 Å². The highest BCUT2D eigenvalue weighted by Crippen LogP contribution is 2.36. The molecule has 0 radical (unpaired) electrons. The molecule has 1 aromatic rings. The van der Waals surface area contributed by atoms with Crippen LogP contribution in [-0.2, 0) is 15.9 Å². The molecule has 1 aliphatic rings. The number of ether oxygens (including phenoxy) is 3. The Hall–Kier alpha value is -1.10. The molecule has 4 heteroatoms. The van der Waals surface area contributed by atoms with Crippen LogP contribution in [0, 0.1) is 5.41 Å². The molecule has 19 heavy (non-hydrogen) atoms. The van der Waals surface area contributed by atoms with Gasteiger partial charge in [-0.15, -0.1) is 0 Å². The van der Waals surface area contributed by atoms with Crippen molar-refractivity contribution in [1.82, 2.24) is 0 Å². The zero-order valence-electron chi connectivity index (χ0n) is 11.6. The number of para-hydroxylation sites is 1. The van der Waals surface area contributed by atoms with Crippen LogP contribution in [0.25, 0.3) is 0 Å². The zero-order chi connectivity index (χ0) is 13.6. The maximum absolute atomic E-state index is 5.98. The number of fused-ring (bicyclic) bond motifs is 1. The monoisotopic (exact) mass is 265 g/mol. The van der Waals surface area contributed by atoms with Crippen molar-refractivity contribution in [1.29, 1.82) is 0 Å². The average molecular weight is 265 g/mol. The summed E-state index contributed by atoms with van der Waals surface area (Å²) in [5, 5.41) is 0. The molecule has 0 aromatic heterocycles. The van der Waals surface area contributed by atoms with Crippen LogP contribution in [0.4, 0.5) is 0 Å². The lowest BCUT2D eigenvalue weighted by atomic mass is 9.78. The van der Waals surface area contributed by atoms with E-state index in [-0.39, 0.29) is 5.41 Å². The predicted octanol–water partition coefficient (Wildman–Crippen LogP) is 1.62. The van der Waals surface area contributed by atoms with Gasteiger partial charge in [0, 0.05) is 25.7 Å². The molecule has 1 atom stereocenters. The first-order chi connectivity index (χ1) is 9.29. The highest BCUT2D eigenvalue weighted by atomic mass is 16.5. The van der Waals surface area contributed by atoms with E-state index in [0.29, 0.717) is 33.0 Å². The maximum Gasteiger partial charge on any atom is 0.122 e. The number of hydrogen-bond donors (Lipinski definition) is 1. The molecule has 1 unspecified atom stereocenters. The average Bonchev–Trinajstić information content (AvgIpc) is 2.47.